The average Bonchev–Trinajstić information content (AvgIpc) is 3.33. The molecule has 1 fully saturated rings. The fourth-order valence-electron chi connectivity index (χ4n) is 4.84. The lowest BCUT2D eigenvalue weighted by molar-refractivity contribution is 0.0786. The van der Waals surface area contributed by atoms with E-state index in [2.05, 4.69) is 44.0 Å². The Balaban J connectivity index is 1.73. The summed E-state index contributed by atoms with van der Waals surface area (Å²) in [5.74, 6) is -0.0497. The maximum atomic E-state index is 13.5. The van der Waals surface area contributed by atoms with Crippen molar-refractivity contribution in [3.63, 3.8) is 0 Å². The van der Waals surface area contributed by atoms with Gasteiger partial charge in [-0.2, -0.15) is 0 Å². The molecular weight excluding hydrogens is 424 g/mol. The largest absolute Gasteiger partial charge is 0.506 e. The van der Waals surface area contributed by atoms with Gasteiger partial charge in [-0.15, -0.1) is 0 Å². The summed E-state index contributed by atoms with van der Waals surface area (Å²) in [6, 6.07) is 18.1. The van der Waals surface area contributed by atoms with Gasteiger partial charge in [0.2, 0.25) is 0 Å². The summed E-state index contributed by atoms with van der Waals surface area (Å²) in [6.07, 6.45) is 3.31. The lowest BCUT2D eigenvalue weighted by atomic mass is 9.93. The Hall–Kier alpha value is -3.34. The summed E-state index contributed by atoms with van der Waals surface area (Å²) in [7, 11) is 0. The summed E-state index contributed by atoms with van der Waals surface area (Å²) in [6.45, 7) is 7.43. The van der Waals surface area contributed by atoms with Crippen molar-refractivity contribution in [1.82, 2.24) is 9.88 Å². The number of H-pyrrole nitrogens is 1. The second-order valence-electron chi connectivity index (χ2n) is 9.56. The molecule has 2 N–H and O–H groups in total. The van der Waals surface area contributed by atoms with Crippen LogP contribution >= 0.6 is 0 Å². The Bertz CT molecular complexity index is 1210. The molecule has 0 aliphatic carbocycles. The molecular formula is C29H34N2O3. The van der Waals surface area contributed by atoms with E-state index in [4.69, 9.17) is 0 Å². The second kappa shape index (κ2) is 10.3. The van der Waals surface area contributed by atoms with Crippen LogP contribution in [0.4, 0.5) is 0 Å². The van der Waals surface area contributed by atoms with Crippen molar-refractivity contribution >= 4 is 5.91 Å². The highest BCUT2D eigenvalue weighted by Gasteiger charge is 2.32. The number of amides is 1. The fourth-order valence-corrected chi connectivity index (χ4v) is 4.84. The van der Waals surface area contributed by atoms with Gasteiger partial charge in [0.15, 0.2) is 0 Å². The Morgan fingerprint density at radius 2 is 1.91 bits per heavy atom. The maximum absolute atomic E-state index is 13.5. The Labute approximate surface area is 201 Å². The molecule has 0 spiro atoms. The molecule has 1 saturated heterocycles. The molecule has 1 aliphatic heterocycles. The van der Waals surface area contributed by atoms with Gasteiger partial charge in [-0.1, -0.05) is 81.8 Å². The molecule has 1 unspecified atom stereocenters. The van der Waals surface area contributed by atoms with E-state index < -0.39 is 11.5 Å². The lowest BCUT2D eigenvalue weighted by Crippen LogP contribution is -2.33. The van der Waals surface area contributed by atoms with Crippen LogP contribution in [-0.2, 0) is 6.42 Å². The zero-order valence-corrected chi connectivity index (χ0v) is 20.3. The van der Waals surface area contributed by atoms with E-state index >= 15 is 0 Å². The summed E-state index contributed by atoms with van der Waals surface area (Å²) >= 11 is 0. The van der Waals surface area contributed by atoms with Crippen molar-refractivity contribution in [2.24, 2.45) is 0 Å². The number of carbonyl (C=O) groups is 1. The van der Waals surface area contributed by atoms with Gasteiger partial charge in [-0.25, -0.2) is 0 Å². The monoisotopic (exact) mass is 458 g/mol. The third-order valence-electron chi connectivity index (χ3n) is 6.85. The van der Waals surface area contributed by atoms with E-state index in [1.807, 2.05) is 36.4 Å². The predicted octanol–water partition coefficient (Wildman–Crippen LogP) is 5.84. The van der Waals surface area contributed by atoms with Crippen LogP contribution in [0.2, 0.25) is 0 Å². The van der Waals surface area contributed by atoms with E-state index in [-0.39, 0.29) is 17.2 Å². The van der Waals surface area contributed by atoms with Gasteiger partial charge >= 0.3 is 0 Å². The highest BCUT2D eigenvalue weighted by molar-refractivity contribution is 5.99. The standard InChI is InChI=1S/C29H34N2O3/c1-4-5-14-24-25(22-13-9-12-21(17-22)19(2)3)27(32)26(28(33)30-24)29(34)31-16-15-23(18-31)20-10-7-6-8-11-20/h6-13,17,19,23H,4-5,14-16,18H2,1-3H3,(H2,30,32,33). The number of hydrogen-bond acceptors (Lipinski definition) is 3. The normalized spacial score (nSPS) is 15.8. The van der Waals surface area contributed by atoms with Gasteiger partial charge in [-0.3, -0.25) is 9.59 Å². The number of carbonyl (C=O) groups excluding carboxylic acids is 1. The average molecular weight is 459 g/mol. The molecule has 2 aromatic carbocycles. The first-order valence-corrected chi connectivity index (χ1v) is 12.3. The van der Waals surface area contributed by atoms with Crippen LogP contribution in [0.1, 0.15) is 79.0 Å². The SMILES string of the molecule is CCCCc1[nH]c(=O)c(C(=O)N2CCC(c3ccccc3)C2)c(O)c1-c1cccc(C(C)C)c1. The van der Waals surface area contributed by atoms with E-state index in [9.17, 15) is 14.7 Å². The second-order valence-corrected chi connectivity index (χ2v) is 9.56. The number of aromatic nitrogens is 1. The molecule has 2 heterocycles. The number of hydrogen-bond donors (Lipinski definition) is 2. The number of unbranched alkanes of at least 4 members (excludes halogenated alkanes) is 1. The molecule has 5 heteroatoms. The van der Waals surface area contributed by atoms with E-state index in [0.717, 1.165) is 30.4 Å². The van der Waals surface area contributed by atoms with Gasteiger partial charge in [-0.05, 0) is 41.9 Å². The van der Waals surface area contributed by atoms with E-state index in [1.54, 1.807) is 4.90 Å². The van der Waals surface area contributed by atoms with Crippen molar-refractivity contribution in [3.8, 4) is 16.9 Å². The summed E-state index contributed by atoms with van der Waals surface area (Å²) in [5.41, 5.74) is 3.74. The van der Waals surface area contributed by atoms with Crippen molar-refractivity contribution in [2.75, 3.05) is 13.1 Å². The number of aromatic hydroxyl groups is 1. The van der Waals surface area contributed by atoms with Crippen LogP contribution in [0.5, 0.6) is 5.75 Å². The number of likely N-dealkylation sites (tertiary alicyclic amines) is 1. The Morgan fingerprint density at radius 1 is 1.15 bits per heavy atom. The van der Waals surface area contributed by atoms with Crippen LogP contribution in [0.3, 0.4) is 0 Å². The molecule has 178 valence electrons. The van der Waals surface area contributed by atoms with Gasteiger partial charge in [0.25, 0.3) is 11.5 Å². The molecule has 0 bridgehead atoms. The van der Waals surface area contributed by atoms with Crippen molar-refractivity contribution in [1.29, 1.82) is 0 Å². The number of benzene rings is 2. The van der Waals surface area contributed by atoms with Gasteiger partial charge in [0.05, 0.1) is 0 Å². The highest BCUT2D eigenvalue weighted by atomic mass is 16.3. The third kappa shape index (κ3) is 4.79. The Kier molecular flexibility index (Phi) is 7.20. The van der Waals surface area contributed by atoms with Gasteiger partial charge in [0.1, 0.15) is 11.3 Å². The number of aryl methyl sites for hydroxylation is 1. The Morgan fingerprint density at radius 3 is 2.62 bits per heavy atom. The van der Waals surface area contributed by atoms with Gasteiger partial charge in [0, 0.05) is 30.3 Å². The third-order valence-corrected chi connectivity index (χ3v) is 6.85. The summed E-state index contributed by atoms with van der Waals surface area (Å²) in [5, 5.41) is 11.4. The molecule has 1 amide bonds. The van der Waals surface area contributed by atoms with Crippen LogP contribution in [0, 0.1) is 0 Å². The van der Waals surface area contributed by atoms with Crippen molar-refractivity contribution in [2.45, 2.75) is 58.3 Å². The molecule has 1 aliphatic rings. The molecule has 5 nitrogen and oxygen atoms in total. The van der Waals surface area contributed by atoms with Crippen LogP contribution < -0.4 is 5.56 Å². The summed E-state index contributed by atoms with van der Waals surface area (Å²) in [4.78, 5) is 31.2. The van der Waals surface area contributed by atoms with Crippen molar-refractivity contribution in [3.05, 3.63) is 87.3 Å². The fraction of sp³-hybridized carbons (Fsp3) is 0.379. The molecule has 34 heavy (non-hydrogen) atoms. The number of nitrogens with zero attached hydrogens (tertiary/aromatic N) is 1. The number of nitrogens with one attached hydrogen (secondary N) is 1. The minimum Gasteiger partial charge on any atom is -0.506 e. The zero-order valence-electron chi connectivity index (χ0n) is 20.3. The smallest absolute Gasteiger partial charge is 0.264 e. The van der Waals surface area contributed by atoms with Crippen LogP contribution in [0.15, 0.2) is 59.4 Å². The maximum Gasteiger partial charge on any atom is 0.264 e. The minimum atomic E-state index is -0.513. The molecule has 3 aromatic rings. The van der Waals surface area contributed by atoms with Crippen LogP contribution in [0.25, 0.3) is 11.1 Å². The lowest BCUT2D eigenvalue weighted by Gasteiger charge is -2.20. The topological polar surface area (TPSA) is 73.4 Å². The first kappa shape index (κ1) is 23.8. The first-order valence-electron chi connectivity index (χ1n) is 12.3. The molecule has 0 saturated carbocycles. The van der Waals surface area contributed by atoms with Gasteiger partial charge < -0.3 is 15.0 Å². The number of rotatable bonds is 7. The molecule has 1 atom stereocenters. The van der Waals surface area contributed by atoms with Crippen LogP contribution in [-0.4, -0.2) is 34.0 Å². The molecule has 1 aromatic heterocycles. The zero-order chi connectivity index (χ0) is 24.2. The number of aromatic amines is 1. The van der Waals surface area contributed by atoms with E-state index in [1.165, 1.54) is 5.56 Å². The number of pyridine rings is 1. The van der Waals surface area contributed by atoms with Crippen molar-refractivity contribution < 1.29 is 9.90 Å². The summed E-state index contributed by atoms with van der Waals surface area (Å²) < 4.78 is 0. The quantitative estimate of drug-likeness (QED) is 0.467. The molecule has 4 rings (SSSR count). The minimum absolute atomic E-state index is 0.154. The van der Waals surface area contributed by atoms with E-state index in [0.29, 0.717) is 36.7 Å². The first-order chi connectivity index (χ1) is 16.4. The molecule has 0 radical (unpaired) electrons. The predicted molar refractivity (Wildman–Crippen MR) is 137 cm³/mol. The highest BCUT2D eigenvalue weighted by Crippen LogP contribution is 2.36.